The van der Waals surface area contributed by atoms with E-state index in [1.165, 1.54) is 7.05 Å². The van der Waals surface area contributed by atoms with Gasteiger partial charge in [-0.3, -0.25) is 14.9 Å². The van der Waals surface area contributed by atoms with E-state index >= 15 is 0 Å². The van der Waals surface area contributed by atoms with Crippen molar-refractivity contribution in [1.82, 2.24) is 15.8 Å². The van der Waals surface area contributed by atoms with Crippen LogP contribution < -0.4 is 10.6 Å². The fourth-order valence-electron chi connectivity index (χ4n) is 1.62. The summed E-state index contributed by atoms with van der Waals surface area (Å²) in [7, 11) is 1.37. The maximum Gasteiger partial charge on any atom is 0.321 e. The van der Waals surface area contributed by atoms with Crippen molar-refractivity contribution < 1.29 is 23.6 Å². The van der Waals surface area contributed by atoms with Crippen molar-refractivity contribution in [2.75, 3.05) is 13.7 Å². The molecule has 1 heterocycles. The van der Waals surface area contributed by atoms with Crippen molar-refractivity contribution in [2.24, 2.45) is 0 Å². The Hall–Kier alpha value is -2.90. The number of para-hydroxylation sites is 1. The Balaban J connectivity index is 1.87. The molecule has 2 rings (SSSR count). The summed E-state index contributed by atoms with van der Waals surface area (Å²) in [4.78, 5) is 33.7. The van der Waals surface area contributed by atoms with Crippen LogP contribution in [0.5, 0.6) is 0 Å². The molecule has 0 radical (unpaired) electrons. The summed E-state index contributed by atoms with van der Waals surface area (Å²) in [6.07, 6.45) is -0.121. The smallest absolute Gasteiger partial charge is 0.321 e. The zero-order chi connectivity index (χ0) is 15.2. The van der Waals surface area contributed by atoms with Gasteiger partial charge in [0.1, 0.15) is 5.69 Å². The number of esters is 1. The van der Waals surface area contributed by atoms with Crippen LogP contribution in [-0.4, -0.2) is 36.7 Å². The summed E-state index contributed by atoms with van der Waals surface area (Å²) < 4.78 is 9.81. The number of fused-ring (bicyclic) bond motifs is 1. The fourth-order valence-corrected chi connectivity index (χ4v) is 1.62. The quantitative estimate of drug-likeness (QED) is 0.787. The molecule has 0 aliphatic carbocycles. The summed E-state index contributed by atoms with van der Waals surface area (Å²) in [5.74, 6) is -1.35. The van der Waals surface area contributed by atoms with Crippen LogP contribution >= 0.6 is 0 Å². The number of benzene rings is 1. The predicted octanol–water partition coefficient (Wildman–Crippen LogP) is 0.369. The second-order valence-electron chi connectivity index (χ2n) is 4.09. The summed E-state index contributed by atoms with van der Waals surface area (Å²) in [5.41, 5.74) is 1.000. The molecule has 21 heavy (non-hydrogen) atoms. The lowest BCUT2D eigenvalue weighted by Crippen LogP contribution is -2.39. The highest BCUT2D eigenvalue weighted by Gasteiger charge is 2.14. The minimum absolute atomic E-state index is 0.121. The summed E-state index contributed by atoms with van der Waals surface area (Å²) >= 11 is 0. The van der Waals surface area contributed by atoms with Gasteiger partial charge in [0.2, 0.25) is 0 Å². The van der Waals surface area contributed by atoms with Crippen LogP contribution in [0.4, 0.5) is 4.79 Å². The maximum absolute atomic E-state index is 11.6. The number of nitrogens with one attached hydrogen (secondary N) is 2. The Kier molecular flexibility index (Phi) is 4.50. The fraction of sp³-hybridized carbons (Fsp3) is 0.231. The van der Waals surface area contributed by atoms with Crippen LogP contribution in [0.25, 0.3) is 11.0 Å². The molecule has 2 aromatic rings. The number of imide groups is 1. The van der Waals surface area contributed by atoms with E-state index < -0.39 is 24.5 Å². The minimum atomic E-state index is -0.715. The van der Waals surface area contributed by atoms with E-state index in [0.29, 0.717) is 16.7 Å². The normalized spacial score (nSPS) is 10.1. The third-order valence-corrected chi connectivity index (χ3v) is 2.61. The first-order valence-electron chi connectivity index (χ1n) is 6.10. The van der Waals surface area contributed by atoms with E-state index in [4.69, 9.17) is 9.26 Å². The largest absolute Gasteiger partial charge is 0.455 e. The van der Waals surface area contributed by atoms with Gasteiger partial charge in [-0.15, -0.1) is 0 Å². The molecule has 0 fully saturated rings. The summed E-state index contributed by atoms with van der Waals surface area (Å²) in [5, 5.41) is 8.68. The lowest BCUT2D eigenvalue weighted by Gasteiger charge is -2.04. The standard InChI is InChI=1S/C13H13N3O5/c1-14-13(19)15-11(17)7-20-12(18)6-9-8-4-2-3-5-10(8)21-16-9/h2-5H,6-7H2,1H3,(H2,14,15,17,19). The van der Waals surface area contributed by atoms with Crippen molar-refractivity contribution in [2.45, 2.75) is 6.42 Å². The third kappa shape index (κ3) is 3.78. The highest BCUT2D eigenvalue weighted by atomic mass is 16.5. The van der Waals surface area contributed by atoms with Crippen LogP contribution in [0.15, 0.2) is 28.8 Å². The van der Waals surface area contributed by atoms with Gasteiger partial charge < -0.3 is 14.6 Å². The summed E-state index contributed by atoms with van der Waals surface area (Å²) in [6, 6.07) is 6.42. The molecule has 110 valence electrons. The molecule has 0 atom stereocenters. The minimum Gasteiger partial charge on any atom is -0.455 e. The number of hydrogen-bond acceptors (Lipinski definition) is 6. The van der Waals surface area contributed by atoms with Gasteiger partial charge in [-0.1, -0.05) is 17.3 Å². The van der Waals surface area contributed by atoms with E-state index in [1.807, 2.05) is 5.32 Å². The number of hydrogen-bond donors (Lipinski definition) is 2. The maximum atomic E-state index is 11.6. The molecule has 0 unspecified atom stereocenters. The first-order chi connectivity index (χ1) is 10.1. The molecule has 2 N–H and O–H groups in total. The molecule has 0 aliphatic heterocycles. The van der Waals surface area contributed by atoms with E-state index in [2.05, 4.69) is 10.5 Å². The number of carbonyl (C=O) groups excluding carboxylic acids is 3. The lowest BCUT2D eigenvalue weighted by atomic mass is 10.2. The molecular weight excluding hydrogens is 278 g/mol. The van der Waals surface area contributed by atoms with E-state index in [0.717, 1.165) is 0 Å². The van der Waals surface area contributed by atoms with Crippen LogP contribution in [-0.2, 0) is 20.7 Å². The second kappa shape index (κ2) is 6.51. The van der Waals surface area contributed by atoms with Gasteiger partial charge in [0.05, 0.1) is 6.42 Å². The first kappa shape index (κ1) is 14.5. The van der Waals surface area contributed by atoms with Gasteiger partial charge in [0, 0.05) is 12.4 Å². The third-order valence-electron chi connectivity index (χ3n) is 2.61. The van der Waals surface area contributed by atoms with E-state index in [-0.39, 0.29) is 6.42 Å². The lowest BCUT2D eigenvalue weighted by molar-refractivity contribution is -0.147. The number of nitrogens with zero attached hydrogens (tertiary/aromatic N) is 1. The Morgan fingerprint density at radius 1 is 1.29 bits per heavy atom. The van der Waals surface area contributed by atoms with Crippen LogP contribution in [0.3, 0.4) is 0 Å². The first-order valence-corrected chi connectivity index (χ1v) is 6.10. The van der Waals surface area contributed by atoms with Gasteiger partial charge in [0.15, 0.2) is 12.2 Å². The topological polar surface area (TPSA) is 111 Å². The van der Waals surface area contributed by atoms with E-state index in [9.17, 15) is 14.4 Å². The molecule has 8 heteroatoms. The van der Waals surface area contributed by atoms with Crippen molar-refractivity contribution in [3.05, 3.63) is 30.0 Å². The predicted molar refractivity (Wildman–Crippen MR) is 71.3 cm³/mol. The van der Waals surface area contributed by atoms with Gasteiger partial charge in [0.25, 0.3) is 5.91 Å². The Bertz CT molecular complexity index is 679. The highest BCUT2D eigenvalue weighted by Crippen LogP contribution is 2.18. The zero-order valence-electron chi connectivity index (χ0n) is 11.2. The van der Waals surface area contributed by atoms with Gasteiger partial charge in [-0.05, 0) is 12.1 Å². The molecule has 0 saturated carbocycles. The number of rotatable bonds is 4. The zero-order valence-corrected chi connectivity index (χ0v) is 11.2. The molecule has 8 nitrogen and oxygen atoms in total. The van der Waals surface area contributed by atoms with Crippen molar-refractivity contribution in [1.29, 1.82) is 0 Å². The molecular formula is C13H13N3O5. The molecule has 0 spiro atoms. The molecule has 1 aromatic carbocycles. The molecule has 0 saturated heterocycles. The Morgan fingerprint density at radius 2 is 2.05 bits per heavy atom. The molecule has 3 amide bonds. The Labute approximate surface area is 119 Å². The number of ether oxygens (including phenoxy) is 1. The van der Waals surface area contributed by atoms with Gasteiger partial charge in [-0.2, -0.15) is 0 Å². The Morgan fingerprint density at radius 3 is 2.81 bits per heavy atom. The van der Waals surface area contributed by atoms with Crippen LogP contribution in [0.1, 0.15) is 5.69 Å². The number of carbonyl (C=O) groups is 3. The van der Waals surface area contributed by atoms with Gasteiger partial charge in [-0.25, -0.2) is 4.79 Å². The monoisotopic (exact) mass is 291 g/mol. The van der Waals surface area contributed by atoms with E-state index in [1.54, 1.807) is 24.3 Å². The molecule has 0 aliphatic rings. The number of urea groups is 1. The van der Waals surface area contributed by atoms with Gasteiger partial charge >= 0.3 is 12.0 Å². The summed E-state index contributed by atoms with van der Waals surface area (Å²) in [6.45, 7) is -0.540. The molecule has 0 bridgehead atoms. The van der Waals surface area contributed by atoms with Crippen molar-refractivity contribution in [3.63, 3.8) is 0 Å². The van der Waals surface area contributed by atoms with Crippen molar-refractivity contribution in [3.8, 4) is 0 Å². The molecule has 1 aromatic heterocycles. The average molecular weight is 291 g/mol. The number of amides is 3. The van der Waals surface area contributed by atoms with Crippen molar-refractivity contribution >= 4 is 28.9 Å². The second-order valence-corrected chi connectivity index (χ2v) is 4.09. The average Bonchev–Trinajstić information content (AvgIpc) is 2.88. The SMILES string of the molecule is CNC(=O)NC(=O)COC(=O)Cc1noc2ccccc12. The van der Waals surface area contributed by atoms with Crippen LogP contribution in [0.2, 0.25) is 0 Å². The highest BCUT2D eigenvalue weighted by molar-refractivity contribution is 5.95. The van der Waals surface area contributed by atoms with Crippen LogP contribution in [0, 0.1) is 0 Å². The number of aromatic nitrogens is 1.